The lowest BCUT2D eigenvalue weighted by Gasteiger charge is -2.18. The van der Waals surface area contributed by atoms with E-state index in [1.54, 1.807) is 0 Å². The fourth-order valence-electron chi connectivity index (χ4n) is 2.22. The topological polar surface area (TPSA) is 29.9 Å². The first-order valence-corrected chi connectivity index (χ1v) is 7.11. The van der Waals surface area contributed by atoms with Crippen molar-refractivity contribution in [2.75, 3.05) is 6.54 Å². The molecule has 0 aliphatic heterocycles. The lowest BCUT2D eigenvalue weighted by molar-refractivity contribution is 0.477. The molecule has 1 unspecified atom stereocenters. The molecule has 0 bridgehead atoms. The van der Waals surface area contributed by atoms with Crippen LogP contribution in [0.25, 0.3) is 0 Å². The standard InChI is InChI=1S/C15H18ClN3/c1-11-14(16)10-19(18-11)15(9-17-13-7-8-13)12-5-3-2-4-6-12/h2-6,10,13,15,17H,7-9H2,1H3. The minimum atomic E-state index is 0.202. The van der Waals surface area contributed by atoms with Crippen LogP contribution in [0.1, 0.15) is 30.1 Å². The Hall–Kier alpha value is -1.32. The number of halogens is 1. The van der Waals surface area contributed by atoms with Crippen LogP contribution in [0.2, 0.25) is 5.02 Å². The number of benzene rings is 1. The molecule has 1 N–H and O–H groups in total. The monoisotopic (exact) mass is 275 g/mol. The van der Waals surface area contributed by atoms with Gasteiger partial charge in [-0.05, 0) is 25.3 Å². The highest BCUT2D eigenvalue weighted by atomic mass is 35.5. The van der Waals surface area contributed by atoms with Crippen LogP contribution in [-0.4, -0.2) is 22.4 Å². The Morgan fingerprint density at radius 2 is 2.11 bits per heavy atom. The Labute approximate surface area is 118 Å². The molecule has 3 rings (SSSR count). The Bertz CT molecular complexity index is 526. The molecule has 1 aromatic heterocycles. The zero-order valence-electron chi connectivity index (χ0n) is 11.0. The van der Waals surface area contributed by atoms with Crippen molar-refractivity contribution < 1.29 is 0 Å². The van der Waals surface area contributed by atoms with Crippen LogP contribution in [0, 0.1) is 6.92 Å². The molecule has 1 atom stereocenters. The molecule has 0 amide bonds. The van der Waals surface area contributed by atoms with Crippen molar-refractivity contribution in [1.82, 2.24) is 15.1 Å². The fraction of sp³-hybridized carbons (Fsp3) is 0.400. The molecule has 1 aliphatic carbocycles. The summed E-state index contributed by atoms with van der Waals surface area (Å²) in [5.74, 6) is 0. The quantitative estimate of drug-likeness (QED) is 0.908. The van der Waals surface area contributed by atoms with Crippen LogP contribution in [-0.2, 0) is 0 Å². The lowest BCUT2D eigenvalue weighted by atomic mass is 10.1. The summed E-state index contributed by atoms with van der Waals surface area (Å²) in [7, 11) is 0. The molecular formula is C15H18ClN3. The van der Waals surface area contributed by atoms with Crippen molar-refractivity contribution >= 4 is 11.6 Å². The molecule has 3 nitrogen and oxygen atoms in total. The summed E-state index contributed by atoms with van der Waals surface area (Å²) in [6.45, 7) is 2.83. The highest BCUT2D eigenvalue weighted by molar-refractivity contribution is 6.31. The first-order valence-electron chi connectivity index (χ1n) is 6.73. The van der Waals surface area contributed by atoms with E-state index in [1.807, 2.05) is 23.9 Å². The van der Waals surface area contributed by atoms with Crippen LogP contribution in [0.5, 0.6) is 0 Å². The molecule has 1 aliphatic rings. The SMILES string of the molecule is Cc1nn(C(CNC2CC2)c2ccccc2)cc1Cl. The minimum Gasteiger partial charge on any atom is -0.312 e. The molecule has 100 valence electrons. The summed E-state index contributed by atoms with van der Waals surface area (Å²) in [5.41, 5.74) is 2.14. The summed E-state index contributed by atoms with van der Waals surface area (Å²) in [5, 5.41) is 8.84. The molecule has 0 spiro atoms. The average molecular weight is 276 g/mol. The molecule has 0 saturated heterocycles. The van der Waals surface area contributed by atoms with Gasteiger partial charge in [-0.15, -0.1) is 0 Å². The van der Waals surface area contributed by atoms with Gasteiger partial charge in [0.2, 0.25) is 0 Å². The third-order valence-corrected chi connectivity index (χ3v) is 3.91. The van der Waals surface area contributed by atoms with Gasteiger partial charge < -0.3 is 5.32 Å². The maximum Gasteiger partial charge on any atom is 0.0893 e. The van der Waals surface area contributed by atoms with Crippen LogP contribution in [0.4, 0.5) is 0 Å². The van der Waals surface area contributed by atoms with E-state index < -0.39 is 0 Å². The summed E-state index contributed by atoms with van der Waals surface area (Å²) >= 11 is 6.13. The number of aryl methyl sites for hydroxylation is 1. The van der Waals surface area contributed by atoms with Gasteiger partial charge in [-0.1, -0.05) is 41.9 Å². The molecule has 19 heavy (non-hydrogen) atoms. The molecule has 1 fully saturated rings. The van der Waals surface area contributed by atoms with Crippen LogP contribution in [0.3, 0.4) is 0 Å². The maximum absolute atomic E-state index is 6.13. The van der Waals surface area contributed by atoms with Crippen molar-refractivity contribution in [3.05, 3.63) is 52.8 Å². The Balaban J connectivity index is 1.86. The Kier molecular flexibility index (Phi) is 3.58. The number of hydrogen-bond acceptors (Lipinski definition) is 2. The van der Waals surface area contributed by atoms with Crippen molar-refractivity contribution in [2.45, 2.75) is 31.8 Å². The zero-order valence-corrected chi connectivity index (χ0v) is 11.8. The van der Waals surface area contributed by atoms with Gasteiger partial charge in [0.05, 0.1) is 16.8 Å². The first kappa shape index (κ1) is 12.7. The van der Waals surface area contributed by atoms with Gasteiger partial charge in [-0.2, -0.15) is 5.10 Å². The average Bonchev–Trinajstić information content (AvgIpc) is 3.18. The second-order valence-corrected chi connectivity index (χ2v) is 5.56. The highest BCUT2D eigenvalue weighted by Crippen LogP contribution is 2.24. The summed E-state index contributed by atoms with van der Waals surface area (Å²) in [6, 6.07) is 11.4. The largest absolute Gasteiger partial charge is 0.312 e. The number of nitrogens with one attached hydrogen (secondary N) is 1. The summed E-state index contributed by atoms with van der Waals surface area (Å²) in [6.07, 6.45) is 4.50. The van der Waals surface area contributed by atoms with Crippen LogP contribution >= 0.6 is 11.6 Å². The molecule has 4 heteroatoms. The zero-order chi connectivity index (χ0) is 13.2. The van der Waals surface area contributed by atoms with E-state index in [9.17, 15) is 0 Å². The summed E-state index contributed by atoms with van der Waals surface area (Å²) < 4.78 is 1.97. The molecule has 0 radical (unpaired) electrons. The van der Waals surface area contributed by atoms with Gasteiger partial charge in [0.15, 0.2) is 0 Å². The van der Waals surface area contributed by atoms with Gasteiger partial charge in [0, 0.05) is 18.8 Å². The maximum atomic E-state index is 6.13. The molecule has 2 aromatic rings. The van der Waals surface area contributed by atoms with Crippen LogP contribution in [0.15, 0.2) is 36.5 Å². The van der Waals surface area contributed by atoms with Crippen molar-refractivity contribution in [3.8, 4) is 0 Å². The van der Waals surface area contributed by atoms with Gasteiger partial charge in [-0.25, -0.2) is 0 Å². The number of rotatable bonds is 5. The molecular weight excluding hydrogens is 258 g/mol. The van der Waals surface area contributed by atoms with Crippen molar-refractivity contribution in [2.24, 2.45) is 0 Å². The van der Waals surface area contributed by atoms with Crippen molar-refractivity contribution in [3.63, 3.8) is 0 Å². The van der Waals surface area contributed by atoms with E-state index in [0.29, 0.717) is 6.04 Å². The van der Waals surface area contributed by atoms with E-state index in [-0.39, 0.29) is 6.04 Å². The van der Waals surface area contributed by atoms with Gasteiger partial charge in [0.1, 0.15) is 0 Å². The molecule has 1 aromatic carbocycles. The second-order valence-electron chi connectivity index (χ2n) is 5.15. The normalized spacial score (nSPS) is 16.5. The number of nitrogens with zero attached hydrogens (tertiary/aromatic N) is 2. The van der Waals surface area contributed by atoms with Crippen LogP contribution < -0.4 is 5.32 Å². The third kappa shape index (κ3) is 2.99. The molecule has 1 heterocycles. The van der Waals surface area contributed by atoms with Gasteiger partial charge in [-0.3, -0.25) is 4.68 Å². The minimum absolute atomic E-state index is 0.202. The number of aromatic nitrogens is 2. The first-order chi connectivity index (χ1) is 9.24. The van der Waals surface area contributed by atoms with E-state index in [0.717, 1.165) is 17.3 Å². The van der Waals surface area contributed by atoms with Crippen molar-refractivity contribution in [1.29, 1.82) is 0 Å². The van der Waals surface area contributed by atoms with E-state index in [2.05, 4.69) is 34.7 Å². The fourth-order valence-corrected chi connectivity index (χ4v) is 2.36. The van der Waals surface area contributed by atoms with E-state index in [4.69, 9.17) is 11.6 Å². The Morgan fingerprint density at radius 3 is 2.68 bits per heavy atom. The Morgan fingerprint density at radius 1 is 1.37 bits per heavy atom. The predicted octanol–water partition coefficient (Wildman–Crippen LogP) is 3.19. The smallest absolute Gasteiger partial charge is 0.0893 e. The van der Waals surface area contributed by atoms with Gasteiger partial charge in [0.25, 0.3) is 0 Å². The second kappa shape index (κ2) is 5.35. The summed E-state index contributed by atoms with van der Waals surface area (Å²) in [4.78, 5) is 0. The van der Waals surface area contributed by atoms with E-state index in [1.165, 1.54) is 18.4 Å². The third-order valence-electron chi connectivity index (χ3n) is 3.54. The highest BCUT2D eigenvalue weighted by Gasteiger charge is 2.23. The van der Waals surface area contributed by atoms with Gasteiger partial charge >= 0.3 is 0 Å². The van der Waals surface area contributed by atoms with E-state index >= 15 is 0 Å². The lowest BCUT2D eigenvalue weighted by Crippen LogP contribution is -2.28. The predicted molar refractivity (Wildman–Crippen MR) is 77.6 cm³/mol. The number of hydrogen-bond donors (Lipinski definition) is 1. The molecule has 1 saturated carbocycles.